The van der Waals surface area contributed by atoms with Crippen molar-refractivity contribution in [2.24, 2.45) is 5.92 Å². The van der Waals surface area contributed by atoms with E-state index in [1.165, 1.54) is 4.90 Å². The van der Waals surface area contributed by atoms with Gasteiger partial charge in [0.25, 0.3) is 5.91 Å². The van der Waals surface area contributed by atoms with Gasteiger partial charge in [0.15, 0.2) is 6.61 Å². The molecule has 1 unspecified atom stereocenters. The second-order valence-electron chi connectivity index (χ2n) is 5.18. The van der Waals surface area contributed by atoms with Crippen molar-refractivity contribution in [1.82, 2.24) is 4.90 Å². The van der Waals surface area contributed by atoms with E-state index < -0.39 is 11.9 Å². The van der Waals surface area contributed by atoms with Crippen LogP contribution >= 0.6 is 0 Å². The number of carbonyl (C=O) groups is 2. The first kappa shape index (κ1) is 17.0. The molecule has 1 aromatic rings. The highest BCUT2D eigenvalue weighted by Crippen LogP contribution is 2.22. The van der Waals surface area contributed by atoms with Crippen molar-refractivity contribution >= 4 is 11.9 Å². The van der Waals surface area contributed by atoms with Gasteiger partial charge >= 0.3 is 5.97 Å². The van der Waals surface area contributed by atoms with Crippen LogP contribution in [0.25, 0.3) is 0 Å². The lowest BCUT2D eigenvalue weighted by Gasteiger charge is -2.23. The summed E-state index contributed by atoms with van der Waals surface area (Å²) in [6, 6.07) is 5.79. The van der Waals surface area contributed by atoms with E-state index in [1.807, 2.05) is 39.0 Å². The molecule has 21 heavy (non-hydrogen) atoms. The van der Waals surface area contributed by atoms with Gasteiger partial charge in [-0.1, -0.05) is 25.1 Å². The minimum Gasteiger partial charge on any atom is -0.483 e. The number of rotatable bonds is 7. The molecule has 0 radical (unpaired) electrons. The van der Waals surface area contributed by atoms with Crippen molar-refractivity contribution in [3.63, 3.8) is 0 Å². The Balaban J connectivity index is 2.65. The molecule has 0 bridgehead atoms. The van der Waals surface area contributed by atoms with Crippen LogP contribution in [0.1, 0.15) is 25.0 Å². The van der Waals surface area contributed by atoms with Gasteiger partial charge in [-0.3, -0.25) is 9.59 Å². The third-order valence-corrected chi connectivity index (χ3v) is 3.40. The molecule has 1 amide bonds. The summed E-state index contributed by atoms with van der Waals surface area (Å²) in [5.74, 6) is -0.979. The number of carboxylic acids is 1. The van der Waals surface area contributed by atoms with Crippen molar-refractivity contribution in [2.75, 3.05) is 19.7 Å². The van der Waals surface area contributed by atoms with Crippen molar-refractivity contribution in [2.45, 2.75) is 27.7 Å². The maximum absolute atomic E-state index is 12.1. The van der Waals surface area contributed by atoms with Gasteiger partial charge in [0.1, 0.15) is 5.75 Å². The molecule has 0 aliphatic rings. The van der Waals surface area contributed by atoms with Gasteiger partial charge in [0, 0.05) is 13.1 Å². The first-order valence-electron chi connectivity index (χ1n) is 7.06. The number of nitrogens with zero attached hydrogens (tertiary/aromatic N) is 1. The highest BCUT2D eigenvalue weighted by Gasteiger charge is 2.20. The molecule has 0 saturated carbocycles. The zero-order chi connectivity index (χ0) is 16.0. The van der Waals surface area contributed by atoms with E-state index in [4.69, 9.17) is 9.84 Å². The van der Waals surface area contributed by atoms with Gasteiger partial charge in [0.2, 0.25) is 0 Å². The van der Waals surface area contributed by atoms with E-state index in [-0.39, 0.29) is 19.1 Å². The summed E-state index contributed by atoms with van der Waals surface area (Å²) >= 11 is 0. The second-order valence-corrected chi connectivity index (χ2v) is 5.18. The number of carbonyl (C=O) groups excluding carboxylic acids is 1. The molecule has 1 rings (SSSR count). The van der Waals surface area contributed by atoms with Gasteiger partial charge in [-0.05, 0) is 31.9 Å². The minimum absolute atomic E-state index is 0.0775. The van der Waals surface area contributed by atoms with Crippen LogP contribution in [0, 0.1) is 19.8 Å². The third kappa shape index (κ3) is 4.77. The number of likely N-dealkylation sites (N-methyl/N-ethyl adjacent to an activating group) is 1. The fourth-order valence-electron chi connectivity index (χ4n) is 2.07. The number of aliphatic carboxylic acids is 1. The summed E-state index contributed by atoms with van der Waals surface area (Å²) < 4.78 is 5.62. The molecule has 116 valence electrons. The average Bonchev–Trinajstić information content (AvgIpc) is 2.43. The predicted octanol–water partition coefficient (Wildman–Crippen LogP) is 2.25. The van der Waals surface area contributed by atoms with Crippen molar-refractivity contribution in [3.05, 3.63) is 29.3 Å². The molecule has 0 fully saturated rings. The highest BCUT2D eigenvalue weighted by molar-refractivity contribution is 5.79. The number of aryl methyl sites for hydroxylation is 2. The average molecular weight is 293 g/mol. The lowest BCUT2D eigenvalue weighted by Crippen LogP contribution is -2.39. The number of carboxylic acid groups (broad SMARTS) is 1. The Morgan fingerprint density at radius 2 is 1.86 bits per heavy atom. The van der Waals surface area contributed by atoms with Gasteiger partial charge < -0.3 is 14.7 Å². The number of ether oxygens (including phenoxy) is 1. The number of para-hydroxylation sites is 1. The molecule has 1 N–H and O–H groups in total. The monoisotopic (exact) mass is 293 g/mol. The highest BCUT2D eigenvalue weighted by atomic mass is 16.5. The SMILES string of the molecule is CCN(CC(C)C(=O)O)C(=O)COc1c(C)cccc1C. The molecule has 1 atom stereocenters. The molecule has 0 heterocycles. The molecule has 1 aromatic carbocycles. The number of hydrogen-bond donors (Lipinski definition) is 1. The standard InChI is InChI=1S/C16H23NO4/c1-5-17(9-13(4)16(19)20)14(18)10-21-15-11(2)7-6-8-12(15)3/h6-8,13H,5,9-10H2,1-4H3,(H,19,20). The third-order valence-electron chi connectivity index (χ3n) is 3.40. The Morgan fingerprint density at radius 1 is 1.29 bits per heavy atom. The largest absolute Gasteiger partial charge is 0.483 e. The maximum atomic E-state index is 12.1. The van der Waals surface area contributed by atoms with Gasteiger partial charge in [0.05, 0.1) is 5.92 Å². The topological polar surface area (TPSA) is 66.8 Å². The maximum Gasteiger partial charge on any atom is 0.308 e. The van der Waals surface area contributed by atoms with Crippen molar-refractivity contribution in [3.8, 4) is 5.75 Å². The van der Waals surface area contributed by atoms with Crippen LogP contribution in [0.2, 0.25) is 0 Å². The summed E-state index contributed by atoms with van der Waals surface area (Å²) in [6.45, 7) is 7.85. The quantitative estimate of drug-likeness (QED) is 0.837. The fourth-order valence-corrected chi connectivity index (χ4v) is 2.07. The van der Waals surface area contributed by atoms with E-state index in [1.54, 1.807) is 6.92 Å². The van der Waals surface area contributed by atoms with Crippen LogP contribution in [-0.4, -0.2) is 41.6 Å². The minimum atomic E-state index is -0.906. The Bertz CT molecular complexity index is 493. The Hall–Kier alpha value is -2.04. The first-order valence-corrected chi connectivity index (χ1v) is 7.06. The molecule has 0 spiro atoms. The summed E-state index contributed by atoms with van der Waals surface area (Å²) in [4.78, 5) is 24.5. The van der Waals surface area contributed by atoms with Crippen molar-refractivity contribution < 1.29 is 19.4 Å². The zero-order valence-electron chi connectivity index (χ0n) is 13.0. The van der Waals surface area contributed by atoms with Crippen LogP contribution < -0.4 is 4.74 Å². The molecule has 5 nitrogen and oxygen atoms in total. The van der Waals surface area contributed by atoms with Crippen LogP contribution in [0.4, 0.5) is 0 Å². The lowest BCUT2D eigenvalue weighted by atomic mass is 10.1. The molecule has 5 heteroatoms. The Kier molecular flexibility index (Phi) is 6.21. The van der Waals surface area contributed by atoms with Gasteiger partial charge in [-0.25, -0.2) is 0 Å². The normalized spacial score (nSPS) is 11.8. The lowest BCUT2D eigenvalue weighted by molar-refractivity contribution is -0.143. The van der Waals surface area contributed by atoms with Crippen LogP contribution in [0.15, 0.2) is 18.2 Å². The van der Waals surface area contributed by atoms with Crippen molar-refractivity contribution in [1.29, 1.82) is 0 Å². The van der Waals surface area contributed by atoms with Gasteiger partial charge in [-0.2, -0.15) is 0 Å². The Labute approximate surface area is 125 Å². The van der Waals surface area contributed by atoms with E-state index in [2.05, 4.69) is 0 Å². The summed E-state index contributed by atoms with van der Waals surface area (Å²) in [6.07, 6.45) is 0. The molecular weight excluding hydrogens is 270 g/mol. The summed E-state index contributed by atoms with van der Waals surface area (Å²) in [5, 5.41) is 8.92. The van der Waals surface area contributed by atoms with Crippen LogP contribution in [-0.2, 0) is 9.59 Å². The predicted molar refractivity (Wildman–Crippen MR) is 80.5 cm³/mol. The second kappa shape index (κ2) is 7.67. The molecule has 0 saturated heterocycles. The zero-order valence-corrected chi connectivity index (χ0v) is 13.0. The molecular formula is C16H23NO4. The fraction of sp³-hybridized carbons (Fsp3) is 0.500. The summed E-state index contributed by atoms with van der Waals surface area (Å²) in [5.41, 5.74) is 1.95. The molecule has 0 aromatic heterocycles. The van der Waals surface area contributed by atoms with Gasteiger partial charge in [-0.15, -0.1) is 0 Å². The van der Waals surface area contributed by atoms with Crippen LogP contribution in [0.3, 0.4) is 0 Å². The summed E-state index contributed by atoms with van der Waals surface area (Å²) in [7, 11) is 0. The molecule has 0 aliphatic heterocycles. The number of hydrogen-bond acceptors (Lipinski definition) is 3. The van der Waals surface area contributed by atoms with E-state index in [9.17, 15) is 9.59 Å². The Morgan fingerprint density at radius 3 is 2.33 bits per heavy atom. The van der Waals surface area contributed by atoms with E-state index in [0.29, 0.717) is 12.3 Å². The first-order chi connectivity index (χ1) is 9.86. The van der Waals surface area contributed by atoms with E-state index in [0.717, 1.165) is 11.1 Å². The van der Waals surface area contributed by atoms with E-state index >= 15 is 0 Å². The number of benzene rings is 1. The van der Waals surface area contributed by atoms with Crippen LogP contribution in [0.5, 0.6) is 5.75 Å². The smallest absolute Gasteiger partial charge is 0.308 e. The number of amides is 1. The molecule has 0 aliphatic carbocycles.